The molecule has 1 amide bonds. The van der Waals surface area contributed by atoms with E-state index in [-0.39, 0.29) is 36.3 Å². The van der Waals surface area contributed by atoms with E-state index in [1.807, 2.05) is 44.1 Å². The predicted octanol–water partition coefficient (Wildman–Crippen LogP) is 5.16. The van der Waals surface area contributed by atoms with E-state index < -0.39 is 11.5 Å². The number of rotatable bonds is 15. The van der Waals surface area contributed by atoms with Crippen LogP contribution in [0, 0.1) is 17.7 Å². The van der Waals surface area contributed by atoms with E-state index in [1.165, 1.54) is 18.9 Å². The first kappa shape index (κ1) is 40.2. The molecular weight excluding hydrogens is 595 g/mol. The number of hydrogen-bond acceptors (Lipinski definition) is 9. The lowest BCUT2D eigenvalue weighted by molar-refractivity contribution is 0.0940. The molecule has 1 atom stereocenters. The summed E-state index contributed by atoms with van der Waals surface area (Å²) in [6.45, 7) is 17.6. The van der Waals surface area contributed by atoms with E-state index in [9.17, 15) is 14.0 Å². The van der Waals surface area contributed by atoms with Crippen LogP contribution in [0.3, 0.4) is 0 Å². The highest BCUT2D eigenvalue weighted by atomic mass is 32.2. The lowest BCUT2D eigenvalue weighted by Gasteiger charge is -2.30. The molecule has 2 aromatic rings. The van der Waals surface area contributed by atoms with Crippen LogP contribution in [-0.4, -0.2) is 83.8 Å². The van der Waals surface area contributed by atoms with Crippen molar-refractivity contribution in [3.63, 3.8) is 0 Å². The van der Waals surface area contributed by atoms with E-state index >= 15 is 0 Å². The Morgan fingerprint density at radius 2 is 2.00 bits per heavy atom. The third-order valence-electron chi connectivity index (χ3n) is 7.39. The minimum atomic E-state index is -0.559. The molecule has 0 aliphatic carbocycles. The van der Waals surface area contributed by atoms with E-state index in [2.05, 4.69) is 41.0 Å². The second kappa shape index (κ2) is 22.6. The SMILES string of the molecule is CC.CCCN(CC(C)CC)c1nc(N)c(C(=O)NCCO)[nH]c1=O.CSCCOc1cc(CN2CCC(C)CC2)ccc1F. The molecule has 12 heteroatoms. The van der Waals surface area contributed by atoms with Gasteiger partial charge in [0, 0.05) is 31.9 Å². The van der Waals surface area contributed by atoms with Crippen LogP contribution in [0.5, 0.6) is 5.75 Å². The van der Waals surface area contributed by atoms with Crippen molar-refractivity contribution in [2.24, 2.45) is 11.8 Å². The number of piperidine rings is 1. The average molecular weight is 653 g/mol. The molecule has 45 heavy (non-hydrogen) atoms. The highest BCUT2D eigenvalue weighted by Crippen LogP contribution is 2.23. The molecule has 1 aliphatic rings. The molecule has 0 bridgehead atoms. The maximum atomic E-state index is 13.7. The molecule has 1 aromatic heterocycles. The van der Waals surface area contributed by atoms with Gasteiger partial charge < -0.3 is 30.8 Å². The van der Waals surface area contributed by atoms with E-state index in [1.54, 1.807) is 11.8 Å². The molecule has 1 unspecified atom stereocenters. The largest absolute Gasteiger partial charge is 0.490 e. The summed E-state index contributed by atoms with van der Waals surface area (Å²) in [5.41, 5.74) is 6.45. The number of amides is 1. The smallest absolute Gasteiger partial charge is 0.291 e. The number of nitrogens with two attached hydrogens (primary N) is 1. The molecule has 10 nitrogen and oxygen atoms in total. The third kappa shape index (κ3) is 14.4. The number of nitrogens with zero attached hydrogens (tertiary/aromatic N) is 3. The minimum absolute atomic E-state index is 0.0275. The number of carbonyl (C=O) groups is 1. The van der Waals surface area contributed by atoms with Crippen molar-refractivity contribution in [2.45, 2.75) is 73.8 Å². The second-order valence-electron chi connectivity index (χ2n) is 11.2. The van der Waals surface area contributed by atoms with Gasteiger partial charge in [-0.15, -0.1) is 0 Å². The fourth-order valence-electron chi connectivity index (χ4n) is 4.63. The highest BCUT2D eigenvalue weighted by Gasteiger charge is 2.20. The van der Waals surface area contributed by atoms with Crippen molar-refractivity contribution in [2.75, 3.05) is 68.6 Å². The van der Waals surface area contributed by atoms with Crippen LogP contribution >= 0.6 is 11.8 Å². The molecule has 1 aliphatic heterocycles. The summed E-state index contributed by atoms with van der Waals surface area (Å²) in [6.07, 6.45) is 6.41. The van der Waals surface area contributed by atoms with Crippen molar-refractivity contribution in [1.82, 2.24) is 20.2 Å². The van der Waals surface area contributed by atoms with Crippen molar-refractivity contribution in [3.8, 4) is 5.75 Å². The topological polar surface area (TPSA) is 137 Å². The lowest BCUT2D eigenvalue weighted by atomic mass is 9.99. The van der Waals surface area contributed by atoms with Crippen LogP contribution < -0.4 is 26.2 Å². The first-order valence-corrected chi connectivity index (χ1v) is 17.7. The van der Waals surface area contributed by atoms with Gasteiger partial charge in [0.15, 0.2) is 23.2 Å². The van der Waals surface area contributed by atoms with Gasteiger partial charge in [-0.25, -0.2) is 9.37 Å². The van der Waals surface area contributed by atoms with E-state index in [0.29, 0.717) is 31.4 Å². The Labute approximate surface area is 273 Å². The zero-order valence-corrected chi connectivity index (χ0v) is 29.3. The fourth-order valence-corrected chi connectivity index (χ4v) is 4.88. The molecular formula is C33H57FN6O4S. The summed E-state index contributed by atoms with van der Waals surface area (Å²) in [4.78, 5) is 35.2. The first-order valence-electron chi connectivity index (χ1n) is 16.3. The number of ether oxygens (including phenoxy) is 1. The van der Waals surface area contributed by atoms with Crippen molar-refractivity contribution in [1.29, 1.82) is 0 Å². The predicted molar refractivity (Wildman–Crippen MR) is 186 cm³/mol. The third-order valence-corrected chi connectivity index (χ3v) is 7.97. The molecule has 0 spiro atoms. The number of carbonyl (C=O) groups excluding carboxylic acids is 1. The number of nitrogens with one attached hydrogen (secondary N) is 2. The Kier molecular flexibility index (Phi) is 20.2. The van der Waals surface area contributed by atoms with E-state index in [0.717, 1.165) is 49.7 Å². The summed E-state index contributed by atoms with van der Waals surface area (Å²) in [5.74, 6) is 1.92. The van der Waals surface area contributed by atoms with Gasteiger partial charge in [-0.3, -0.25) is 14.5 Å². The zero-order valence-electron chi connectivity index (χ0n) is 28.5. The monoisotopic (exact) mass is 652 g/mol. The minimum Gasteiger partial charge on any atom is -0.490 e. The van der Waals surface area contributed by atoms with Crippen LogP contribution in [-0.2, 0) is 6.54 Å². The fraction of sp³-hybridized carbons (Fsp3) is 0.667. The van der Waals surface area contributed by atoms with Gasteiger partial charge in [-0.1, -0.05) is 54.0 Å². The molecule has 1 aromatic carbocycles. The Hall–Kier alpha value is -2.83. The molecule has 256 valence electrons. The van der Waals surface area contributed by atoms with Crippen LogP contribution in [0.15, 0.2) is 23.0 Å². The van der Waals surface area contributed by atoms with Gasteiger partial charge in [0.05, 0.1) is 13.2 Å². The van der Waals surface area contributed by atoms with Gasteiger partial charge in [-0.05, 0) is 68.1 Å². The summed E-state index contributed by atoms with van der Waals surface area (Å²) >= 11 is 1.70. The molecule has 3 rings (SSSR count). The summed E-state index contributed by atoms with van der Waals surface area (Å²) < 4.78 is 19.2. The van der Waals surface area contributed by atoms with Gasteiger partial charge in [0.2, 0.25) is 0 Å². The summed E-state index contributed by atoms with van der Waals surface area (Å²) in [5, 5.41) is 11.2. The first-order chi connectivity index (χ1) is 21.6. The number of benzene rings is 1. The number of thioether (sulfide) groups is 1. The number of halogens is 1. The highest BCUT2D eigenvalue weighted by molar-refractivity contribution is 7.98. The van der Waals surface area contributed by atoms with Crippen molar-refractivity contribution >= 4 is 29.3 Å². The molecule has 1 fully saturated rings. The summed E-state index contributed by atoms with van der Waals surface area (Å²) in [6, 6.07) is 5.25. The Morgan fingerprint density at radius 3 is 2.60 bits per heavy atom. The number of aromatic amines is 1. The number of aliphatic hydroxyl groups excluding tert-OH is 1. The van der Waals surface area contributed by atoms with Crippen LogP contribution in [0.2, 0.25) is 0 Å². The molecule has 1 saturated heterocycles. The number of aromatic nitrogens is 2. The van der Waals surface area contributed by atoms with Gasteiger partial charge >= 0.3 is 0 Å². The Bertz CT molecular complexity index is 1180. The van der Waals surface area contributed by atoms with Crippen LogP contribution in [0.4, 0.5) is 16.0 Å². The number of aliphatic hydroxyl groups is 1. The van der Waals surface area contributed by atoms with E-state index in [4.69, 9.17) is 15.6 Å². The average Bonchev–Trinajstić information content (AvgIpc) is 3.04. The van der Waals surface area contributed by atoms with Gasteiger partial charge in [0.25, 0.3) is 11.5 Å². The maximum Gasteiger partial charge on any atom is 0.291 e. The van der Waals surface area contributed by atoms with Crippen LogP contribution in [0.25, 0.3) is 0 Å². The number of H-pyrrole nitrogens is 1. The lowest BCUT2D eigenvalue weighted by Crippen LogP contribution is -2.37. The number of nitrogen functional groups attached to an aromatic ring is 1. The van der Waals surface area contributed by atoms with Crippen LogP contribution in [0.1, 0.15) is 83.3 Å². The Balaban J connectivity index is 0.000000429. The second-order valence-corrected chi connectivity index (χ2v) is 12.1. The van der Waals surface area contributed by atoms with Crippen molar-refractivity contribution in [3.05, 3.63) is 45.6 Å². The van der Waals surface area contributed by atoms with Gasteiger partial charge in [0.1, 0.15) is 5.69 Å². The number of likely N-dealkylation sites (tertiary alicyclic amines) is 1. The van der Waals surface area contributed by atoms with Gasteiger partial charge in [-0.2, -0.15) is 11.8 Å². The Morgan fingerprint density at radius 1 is 1.31 bits per heavy atom. The number of hydrogen-bond donors (Lipinski definition) is 4. The molecule has 0 saturated carbocycles. The maximum absolute atomic E-state index is 13.7. The standard InChI is InChI=1S/C16H24FNOS.C15H27N5O3.C2H6/c1-13-5-7-18(8-6-13)12-14-3-4-15(17)16(11-14)19-9-10-20-2;1-4-7-20(9-10(3)5-2)13-15(23)18-11(12(16)19-13)14(22)17-6-8-21;1-2/h3-4,11,13H,5-10,12H2,1-2H3;10,21H,4-9H2,1-3H3,(H2,16,19)(H,17,22)(H,18,23);1-2H3. The normalized spacial score (nSPS) is 14.0. The molecule has 0 radical (unpaired) electrons. The quantitative estimate of drug-likeness (QED) is 0.192. The number of anilines is 2. The molecule has 2 heterocycles. The zero-order chi connectivity index (χ0) is 33.8. The molecule has 5 N–H and O–H groups in total. The summed E-state index contributed by atoms with van der Waals surface area (Å²) in [7, 11) is 0. The van der Waals surface area contributed by atoms with Crippen molar-refractivity contribution < 1.29 is 19.0 Å².